The van der Waals surface area contributed by atoms with Gasteiger partial charge in [0.15, 0.2) is 0 Å². The Morgan fingerprint density at radius 2 is 2.10 bits per heavy atom. The van der Waals surface area contributed by atoms with Crippen LogP contribution >= 0.6 is 17.0 Å². The number of hydrogen-bond donors (Lipinski definition) is 2. The van der Waals surface area contributed by atoms with Crippen LogP contribution in [0.25, 0.3) is 0 Å². The van der Waals surface area contributed by atoms with Gasteiger partial charge in [0.05, 0.1) is 6.17 Å². The summed E-state index contributed by atoms with van der Waals surface area (Å²) in [7, 11) is 0. The number of nitrogens with two attached hydrogens (primary N) is 1. The molecule has 1 rings (SSSR count). The third-order valence-corrected chi connectivity index (χ3v) is 1.25. The molecular weight excluding hydrogens is 200 g/mol. The molecule has 1 fully saturated rings. The van der Waals surface area contributed by atoms with E-state index >= 15 is 0 Å². The van der Waals surface area contributed by atoms with Crippen LogP contribution < -0.4 is 11.1 Å². The first-order chi connectivity index (χ1) is 4.20. The lowest BCUT2D eigenvalue weighted by atomic mass is 10.1. The molecule has 0 aromatic heterocycles. The number of Topliss-reactive ketones (excluding diaryl/α,β-unsaturated/α-hetero) is 1. The van der Waals surface area contributed by atoms with E-state index in [9.17, 15) is 9.59 Å². The average Bonchev–Trinajstić information content (AvgIpc) is 1.80. The fourth-order valence-corrected chi connectivity index (χ4v) is 0.721. The first-order valence-electron chi connectivity index (χ1n) is 2.79. The Bertz CT molecular complexity index is 160. The van der Waals surface area contributed by atoms with Crippen molar-refractivity contribution in [2.45, 2.75) is 19.0 Å². The first kappa shape index (κ1) is 9.58. The topological polar surface area (TPSA) is 72.2 Å². The van der Waals surface area contributed by atoms with Gasteiger partial charge < -0.3 is 11.1 Å². The summed E-state index contributed by atoms with van der Waals surface area (Å²) in [5.41, 5.74) is 5.30. The summed E-state index contributed by atoms with van der Waals surface area (Å²) in [5, 5.41) is 2.32. The van der Waals surface area contributed by atoms with Gasteiger partial charge in [-0.05, 0) is 6.42 Å². The normalized spacial score (nSPS) is 25.1. The Morgan fingerprint density at radius 1 is 1.50 bits per heavy atom. The molecule has 0 saturated carbocycles. The largest absolute Gasteiger partial charge is 0.334 e. The molecule has 1 aliphatic rings. The van der Waals surface area contributed by atoms with Crippen molar-refractivity contribution in [3.63, 3.8) is 0 Å². The van der Waals surface area contributed by atoms with Crippen LogP contribution in [0.1, 0.15) is 12.8 Å². The third-order valence-electron chi connectivity index (χ3n) is 1.25. The van der Waals surface area contributed by atoms with Crippen molar-refractivity contribution in [3.05, 3.63) is 0 Å². The molecule has 1 atom stereocenters. The Balaban J connectivity index is 0.000000810. The predicted molar refractivity (Wildman–Crippen MR) is 40.7 cm³/mol. The maximum absolute atomic E-state index is 10.5. The summed E-state index contributed by atoms with van der Waals surface area (Å²) in [6.07, 6.45) is 0.521. The molecule has 58 valence electrons. The lowest BCUT2D eigenvalue weighted by Gasteiger charge is -2.17. The van der Waals surface area contributed by atoms with Gasteiger partial charge in [-0.2, -0.15) is 0 Å². The quantitative estimate of drug-likeness (QED) is 0.519. The van der Waals surface area contributed by atoms with Gasteiger partial charge in [0.25, 0.3) is 5.91 Å². The Hall–Kier alpha value is -0.420. The van der Waals surface area contributed by atoms with Gasteiger partial charge in [-0.25, -0.2) is 0 Å². The number of hydrogen-bond acceptors (Lipinski definition) is 3. The number of amides is 1. The number of carbonyl (C=O) groups excluding carboxylic acids is 2. The standard InChI is InChI=1S/C5H8N2O2.BrH/c6-4-2-1-3(8)5(9)7-4;/h4H,1-2,6H2,(H,7,9);1H. The van der Waals surface area contributed by atoms with E-state index in [-0.39, 0.29) is 35.4 Å². The monoisotopic (exact) mass is 208 g/mol. The second kappa shape index (κ2) is 3.68. The van der Waals surface area contributed by atoms with Crippen molar-refractivity contribution >= 4 is 28.7 Å². The molecule has 5 heteroatoms. The maximum Gasteiger partial charge on any atom is 0.288 e. The van der Waals surface area contributed by atoms with Crippen LogP contribution in [0.15, 0.2) is 0 Å². The van der Waals surface area contributed by atoms with Crippen LogP contribution in [-0.4, -0.2) is 17.9 Å². The molecule has 1 heterocycles. The predicted octanol–water partition coefficient (Wildman–Crippen LogP) is -0.672. The molecule has 0 aromatic rings. The number of carbonyl (C=O) groups is 2. The van der Waals surface area contributed by atoms with Crippen molar-refractivity contribution in [2.24, 2.45) is 5.73 Å². The van der Waals surface area contributed by atoms with E-state index in [1.54, 1.807) is 0 Å². The molecule has 0 aromatic carbocycles. The van der Waals surface area contributed by atoms with Crippen molar-refractivity contribution in [1.82, 2.24) is 5.32 Å². The second-order valence-electron chi connectivity index (χ2n) is 2.04. The lowest BCUT2D eigenvalue weighted by molar-refractivity contribution is -0.140. The molecule has 4 nitrogen and oxygen atoms in total. The Morgan fingerprint density at radius 3 is 2.50 bits per heavy atom. The number of piperidine rings is 1. The number of nitrogens with one attached hydrogen (secondary N) is 1. The van der Waals surface area contributed by atoms with Gasteiger partial charge in [-0.3, -0.25) is 9.59 Å². The van der Waals surface area contributed by atoms with Crippen LogP contribution in [0.2, 0.25) is 0 Å². The maximum atomic E-state index is 10.5. The smallest absolute Gasteiger partial charge is 0.288 e. The molecule has 1 saturated heterocycles. The van der Waals surface area contributed by atoms with E-state index in [2.05, 4.69) is 5.32 Å². The third kappa shape index (κ3) is 2.07. The first-order valence-corrected chi connectivity index (χ1v) is 2.79. The van der Waals surface area contributed by atoms with Crippen molar-refractivity contribution in [3.8, 4) is 0 Å². The van der Waals surface area contributed by atoms with E-state index in [1.807, 2.05) is 0 Å². The van der Waals surface area contributed by atoms with Crippen LogP contribution in [0.3, 0.4) is 0 Å². The summed E-state index contributed by atoms with van der Waals surface area (Å²) >= 11 is 0. The summed E-state index contributed by atoms with van der Waals surface area (Å²) in [6.45, 7) is 0. The summed E-state index contributed by atoms with van der Waals surface area (Å²) in [4.78, 5) is 20.9. The van der Waals surface area contributed by atoms with Gasteiger partial charge in [-0.1, -0.05) is 0 Å². The highest BCUT2D eigenvalue weighted by Gasteiger charge is 2.22. The van der Waals surface area contributed by atoms with E-state index in [0.717, 1.165) is 0 Å². The molecule has 1 amide bonds. The Kier molecular flexibility index (Phi) is 3.52. The van der Waals surface area contributed by atoms with Gasteiger partial charge in [0.1, 0.15) is 0 Å². The fourth-order valence-electron chi connectivity index (χ4n) is 0.721. The molecule has 1 unspecified atom stereocenters. The van der Waals surface area contributed by atoms with Crippen LogP contribution in [0.4, 0.5) is 0 Å². The molecule has 10 heavy (non-hydrogen) atoms. The molecule has 0 radical (unpaired) electrons. The number of ketones is 1. The van der Waals surface area contributed by atoms with Crippen LogP contribution in [0, 0.1) is 0 Å². The van der Waals surface area contributed by atoms with Crippen LogP contribution in [-0.2, 0) is 9.59 Å². The minimum absolute atomic E-state index is 0. The van der Waals surface area contributed by atoms with E-state index in [0.29, 0.717) is 6.42 Å². The zero-order valence-corrected chi connectivity index (χ0v) is 7.01. The minimum Gasteiger partial charge on any atom is -0.334 e. The SMILES string of the molecule is Br.NC1CCC(=O)C(=O)N1. The van der Waals surface area contributed by atoms with Gasteiger partial charge in [0.2, 0.25) is 5.78 Å². The molecule has 0 spiro atoms. The van der Waals surface area contributed by atoms with Crippen LogP contribution in [0.5, 0.6) is 0 Å². The zero-order valence-electron chi connectivity index (χ0n) is 5.29. The highest BCUT2D eigenvalue weighted by atomic mass is 79.9. The highest BCUT2D eigenvalue weighted by molar-refractivity contribution is 8.93. The van der Waals surface area contributed by atoms with E-state index in [4.69, 9.17) is 5.73 Å². The van der Waals surface area contributed by atoms with Gasteiger partial charge in [-0.15, -0.1) is 17.0 Å². The highest BCUT2D eigenvalue weighted by Crippen LogP contribution is 1.99. The van der Waals surface area contributed by atoms with Crippen molar-refractivity contribution in [2.75, 3.05) is 0 Å². The lowest BCUT2D eigenvalue weighted by Crippen LogP contribution is -2.49. The van der Waals surface area contributed by atoms with Crippen molar-refractivity contribution < 1.29 is 9.59 Å². The van der Waals surface area contributed by atoms with E-state index in [1.165, 1.54) is 0 Å². The van der Waals surface area contributed by atoms with Crippen molar-refractivity contribution in [1.29, 1.82) is 0 Å². The molecule has 3 N–H and O–H groups in total. The summed E-state index contributed by atoms with van der Waals surface area (Å²) in [6, 6.07) is 0. The fraction of sp³-hybridized carbons (Fsp3) is 0.600. The number of halogens is 1. The summed E-state index contributed by atoms with van der Waals surface area (Å²) < 4.78 is 0. The molecular formula is C5H9BrN2O2. The zero-order chi connectivity index (χ0) is 6.85. The summed E-state index contributed by atoms with van der Waals surface area (Å²) in [5.74, 6) is -0.912. The molecule has 0 bridgehead atoms. The second-order valence-corrected chi connectivity index (χ2v) is 2.04. The number of rotatable bonds is 0. The Labute approximate surface area is 68.9 Å². The molecule has 1 aliphatic heterocycles. The van der Waals surface area contributed by atoms with Gasteiger partial charge >= 0.3 is 0 Å². The average molecular weight is 209 g/mol. The minimum atomic E-state index is -0.547. The van der Waals surface area contributed by atoms with E-state index < -0.39 is 5.91 Å². The molecule has 0 aliphatic carbocycles. The van der Waals surface area contributed by atoms with Gasteiger partial charge in [0, 0.05) is 6.42 Å².